The summed E-state index contributed by atoms with van der Waals surface area (Å²) in [5.74, 6) is -2.57. The van der Waals surface area contributed by atoms with Crippen LogP contribution in [0.1, 0.15) is 0 Å². The van der Waals surface area contributed by atoms with E-state index in [0.29, 0.717) is 0 Å². The highest BCUT2D eigenvalue weighted by molar-refractivity contribution is 5.43. The number of nitrogens with zero attached hydrogens (tertiary/aromatic N) is 1. The lowest BCUT2D eigenvalue weighted by atomic mass is 10.4. The average molecular weight is 143 g/mol. The van der Waals surface area contributed by atoms with E-state index in [1.165, 1.54) is 0 Å². The van der Waals surface area contributed by atoms with Gasteiger partial charge in [-0.05, 0) is 0 Å². The molecule has 5 heteroatoms. The van der Waals surface area contributed by atoms with E-state index >= 15 is 0 Å². The Bertz CT molecular complexity index is 210. The highest BCUT2D eigenvalue weighted by Gasteiger charge is 2.06. The van der Waals surface area contributed by atoms with Crippen LogP contribution in [0.2, 0.25) is 0 Å². The van der Waals surface area contributed by atoms with Crippen molar-refractivity contribution >= 4 is 0 Å². The fraction of sp³-hybridized carbons (Fsp3) is 0. The van der Waals surface area contributed by atoms with Crippen LogP contribution in [0.3, 0.4) is 0 Å². The van der Waals surface area contributed by atoms with Crippen molar-refractivity contribution in [1.82, 2.24) is 4.98 Å². The molecule has 1 aromatic heterocycles. The second kappa shape index (κ2) is 1.94. The minimum absolute atomic E-state index is 0.574. The molecule has 0 aliphatic carbocycles. The van der Waals surface area contributed by atoms with E-state index in [1.54, 1.807) is 0 Å². The fourth-order valence-corrected chi connectivity index (χ4v) is 0.473. The summed E-state index contributed by atoms with van der Waals surface area (Å²) in [6.45, 7) is 0. The van der Waals surface area contributed by atoms with Crippen LogP contribution >= 0.6 is 0 Å². The summed E-state index contributed by atoms with van der Waals surface area (Å²) in [5.41, 5.74) is 0. The monoisotopic (exact) mass is 143 g/mol. The minimum Gasteiger partial charge on any atom is -0.503 e. The summed E-state index contributed by atoms with van der Waals surface area (Å²) in [6, 6.07) is 0.789. The standard InChI is InChI=1S/C5H5NO4/c7-2-1-3(8)5(10)6-4(2)9/h1,7-8H,(H2,6,9,10). The van der Waals surface area contributed by atoms with Gasteiger partial charge in [0.25, 0.3) is 11.8 Å². The Kier molecular flexibility index (Phi) is 1.26. The fourth-order valence-electron chi connectivity index (χ4n) is 0.473. The van der Waals surface area contributed by atoms with Crippen LogP contribution in [-0.2, 0) is 0 Å². The Morgan fingerprint density at radius 1 is 0.900 bits per heavy atom. The molecule has 5 nitrogen and oxygen atoms in total. The van der Waals surface area contributed by atoms with Crippen LogP contribution < -0.4 is 0 Å². The Morgan fingerprint density at radius 3 is 1.60 bits per heavy atom. The van der Waals surface area contributed by atoms with Crippen molar-refractivity contribution in [2.45, 2.75) is 0 Å². The Balaban J connectivity index is 3.28. The molecule has 0 radical (unpaired) electrons. The summed E-state index contributed by atoms with van der Waals surface area (Å²) in [4.78, 5) is 2.98. The number of aromatic hydroxyl groups is 4. The van der Waals surface area contributed by atoms with Crippen molar-refractivity contribution in [3.05, 3.63) is 6.07 Å². The summed E-state index contributed by atoms with van der Waals surface area (Å²) < 4.78 is 0. The predicted molar refractivity (Wildman–Crippen MR) is 30.9 cm³/mol. The summed E-state index contributed by atoms with van der Waals surface area (Å²) >= 11 is 0. The van der Waals surface area contributed by atoms with E-state index in [1.807, 2.05) is 0 Å². The van der Waals surface area contributed by atoms with Gasteiger partial charge in [0.15, 0.2) is 11.5 Å². The van der Waals surface area contributed by atoms with E-state index in [9.17, 15) is 0 Å². The minimum atomic E-state index is -0.713. The lowest BCUT2D eigenvalue weighted by Crippen LogP contribution is -1.77. The lowest BCUT2D eigenvalue weighted by Gasteiger charge is -1.97. The highest BCUT2D eigenvalue weighted by Crippen LogP contribution is 2.32. The zero-order valence-corrected chi connectivity index (χ0v) is 4.81. The van der Waals surface area contributed by atoms with Gasteiger partial charge in [0.1, 0.15) is 0 Å². The third-order valence-corrected chi connectivity index (χ3v) is 0.943. The van der Waals surface area contributed by atoms with Crippen molar-refractivity contribution in [1.29, 1.82) is 0 Å². The molecule has 0 aromatic carbocycles. The van der Waals surface area contributed by atoms with E-state index < -0.39 is 23.3 Å². The highest BCUT2D eigenvalue weighted by atomic mass is 16.3. The van der Waals surface area contributed by atoms with Gasteiger partial charge in [-0.2, -0.15) is 4.98 Å². The Labute approximate surface area is 55.8 Å². The van der Waals surface area contributed by atoms with Crippen molar-refractivity contribution in [2.75, 3.05) is 0 Å². The first kappa shape index (κ1) is 6.47. The SMILES string of the molecule is Oc1cc(O)c(O)nc1O. The topological polar surface area (TPSA) is 93.8 Å². The molecule has 0 saturated heterocycles. The van der Waals surface area contributed by atoms with Crippen molar-refractivity contribution in [3.63, 3.8) is 0 Å². The normalized spacial score (nSPS) is 9.60. The maximum absolute atomic E-state index is 8.64. The lowest BCUT2D eigenvalue weighted by molar-refractivity contribution is 0.347. The molecule has 1 heterocycles. The van der Waals surface area contributed by atoms with Gasteiger partial charge >= 0.3 is 0 Å². The molecule has 0 unspecified atom stereocenters. The molecule has 10 heavy (non-hydrogen) atoms. The second-order valence-corrected chi connectivity index (χ2v) is 1.67. The van der Waals surface area contributed by atoms with Crippen LogP contribution in [0.15, 0.2) is 6.07 Å². The molecule has 0 aliphatic rings. The first-order chi connectivity index (χ1) is 4.61. The van der Waals surface area contributed by atoms with E-state index in [4.69, 9.17) is 20.4 Å². The zero-order chi connectivity index (χ0) is 7.72. The van der Waals surface area contributed by atoms with Crippen LogP contribution in [-0.4, -0.2) is 25.4 Å². The van der Waals surface area contributed by atoms with E-state index in [0.717, 1.165) is 6.07 Å². The molecule has 0 spiro atoms. The largest absolute Gasteiger partial charge is 0.503 e. The van der Waals surface area contributed by atoms with Gasteiger partial charge in [0.05, 0.1) is 0 Å². The van der Waals surface area contributed by atoms with Gasteiger partial charge in [-0.15, -0.1) is 0 Å². The smallest absolute Gasteiger partial charge is 0.257 e. The average Bonchev–Trinajstić information content (AvgIpc) is 1.84. The van der Waals surface area contributed by atoms with Crippen LogP contribution in [0.4, 0.5) is 0 Å². The first-order valence-corrected chi connectivity index (χ1v) is 2.42. The van der Waals surface area contributed by atoms with Gasteiger partial charge in [-0.25, -0.2) is 0 Å². The molecule has 0 atom stereocenters. The number of hydrogen-bond donors (Lipinski definition) is 4. The Morgan fingerprint density at radius 2 is 1.30 bits per heavy atom. The molecule has 54 valence electrons. The van der Waals surface area contributed by atoms with E-state index in [2.05, 4.69) is 4.98 Å². The number of rotatable bonds is 0. The van der Waals surface area contributed by atoms with Gasteiger partial charge in [0, 0.05) is 6.07 Å². The van der Waals surface area contributed by atoms with Gasteiger partial charge in [-0.1, -0.05) is 0 Å². The van der Waals surface area contributed by atoms with Crippen LogP contribution in [0.5, 0.6) is 23.3 Å². The maximum atomic E-state index is 8.64. The molecule has 4 N–H and O–H groups in total. The molecule has 0 fully saturated rings. The van der Waals surface area contributed by atoms with Crippen LogP contribution in [0, 0.1) is 0 Å². The second-order valence-electron chi connectivity index (χ2n) is 1.67. The van der Waals surface area contributed by atoms with Gasteiger partial charge < -0.3 is 20.4 Å². The quantitative estimate of drug-likeness (QED) is 0.407. The molecule has 0 saturated carbocycles. The molecular weight excluding hydrogens is 138 g/mol. The van der Waals surface area contributed by atoms with Gasteiger partial charge in [0.2, 0.25) is 0 Å². The molecule has 1 rings (SSSR count). The van der Waals surface area contributed by atoms with Crippen molar-refractivity contribution < 1.29 is 20.4 Å². The van der Waals surface area contributed by atoms with Crippen molar-refractivity contribution in [3.8, 4) is 23.3 Å². The summed E-state index contributed by atoms with van der Waals surface area (Å²) in [5, 5.41) is 34.5. The molecular formula is C5H5NO4. The zero-order valence-electron chi connectivity index (χ0n) is 4.81. The molecule has 0 amide bonds. The third-order valence-electron chi connectivity index (χ3n) is 0.943. The summed E-state index contributed by atoms with van der Waals surface area (Å²) in [7, 11) is 0. The van der Waals surface area contributed by atoms with Gasteiger partial charge in [-0.3, -0.25) is 0 Å². The summed E-state index contributed by atoms with van der Waals surface area (Å²) in [6.07, 6.45) is 0. The first-order valence-electron chi connectivity index (χ1n) is 2.42. The number of hydrogen-bond acceptors (Lipinski definition) is 5. The maximum Gasteiger partial charge on any atom is 0.257 e. The third kappa shape index (κ3) is 0.883. The van der Waals surface area contributed by atoms with E-state index in [-0.39, 0.29) is 0 Å². The molecule has 0 bridgehead atoms. The Hall–Kier alpha value is -1.65. The molecule has 1 aromatic rings. The van der Waals surface area contributed by atoms with Crippen molar-refractivity contribution in [2.24, 2.45) is 0 Å². The van der Waals surface area contributed by atoms with Crippen LogP contribution in [0.25, 0.3) is 0 Å². The predicted octanol–water partition coefficient (Wildman–Crippen LogP) is -0.0960. The number of pyridine rings is 1. The molecule has 0 aliphatic heterocycles. The number of aromatic nitrogens is 1.